The second-order valence-corrected chi connectivity index (χ2v) is 6.28. The lowest BCUT2D eigenvalue weighted by atomic mass is 10.3. The molecule has 0 N–H and O–H groups in total. The van der Waals surface area contributed by atoms with E-state index in [2.05, 4.69) is 11.6 Å². The zero-order valence-corrected chi connectivity index (χ0v) is 11.2. The minimum atomic E-state index is -3.41. The minimum absolute atomic E-state index is 0.254. The van der Waals surface area contributed by atoms with Crippen molar-refractivity contribution in [3.8, 4) is 0 Å². The molecule has 2 aromatic rings. The maximum atomic E-state index is 12.0. The van der Waals surface area contributed by atoms with Crippen molar-refractivity contribution in [3.05, 3.63) is 37.2 Å². The van der Waals surface area contributed by atoms with Crippen molar-refractivity contribution in [2.24, 2.45) is 0 Å². The molecule has 96 valence electrons. The van der Waals surface area contributed by atoms with Crippen molar-refractivity contribution in [1.82, 2.24) is 13.9 Å². The van der Waals surface area contributed by atoms with E-state index in [1.54, 1.807) is 30.6 Å². The Morgan fingerprint density at radius 1 is 1.44 bits per heavy atom. The third-order valence-corrected chi connectivity index (χ3v) is 4.51. The lowest BCUT2D eigenvalue weighted by Crippen LogP contribution is -2.22. The first-order chi connectivity index (χ1) is 8.46. The highest BCUT2D eigenvalue weighted by atomic mass is 32.2. The fraction of sp³-hybridized carbons (Fsp3) is 0.250. The summed E-state index contributed by atoms with van der Waals surface area (Å²) in [7, 11) is -0.388. The monoisotopic (exact) mass is 265 g/mol. The highest BCUT2D eigenvalue weighted by molar-refractivity contribution is 7.89. The van der Waals surface area contributed by atoms with Crippen LogP contribution in [-0.4, -0.2) is 36.4 Å². The molecule has 0 fully saturated rings. The number of aromatic nitrogens is 2. The van der Waals surface area contributed by atoms with Gasteiger partial charge in [-0.2, -0.15) is 0 Å². The molecule has 0 amide bonds. The second kappa shape index (κ2) is 4.55. The number of hydrogen-bond donors (Lipinski definition) is 0. The van der Waals surface area contributed by atoms with E-state index in [0.29, 0.717) is 12.1 Å². The molecule has 0 atom stereocenters. The number of sulfonamides is 1. The molecule has 0 aliphatic carbocycles. The molecule has 1 aromatic heterocycles. The van der Waals surface area contributed by atoms with Gasteiger partial charge in [-0.3, -0.25) is 0 Å². The molecule has 0 bridgehead atoms. The average molecular weight is 265 g/mol. The molecular formula is C12H15N3O2S. The van der Waals surface area contributed by atoms with Crippen LogP contribution in [0.4, 0.5) is 0 Å². The predicted molar refractivity (Wildman–Crippen MR) is 70.8 cm³/mol. The van der Waals surface area contributed by atoms with Crippen LogP contribution in [0.5, 0.6) is 0 Å². The predicted octanol–water partition coefficient (Wildman–Crippen LogP) is 1.47. The first kappa shape index (κ1) is 12.8. The third kappa shape index (κ3) is 2.04. The van der Waals surface area contributed by atoms with Crippen LogP contribution in [-0.2, 0) is 16.6 Å². The van der Waals surface area contributed by atoms with Gasteiger partial charge in [0, 0.05) is 20.6 Å². The van der Waals surface area contributed by atoms with E-state index >= 15 is 0 Å². The highest BCUT2D eigenvalue weighted by Gasteiger charge is 2.18. The Hall–Kier alpha value is -1.66. The normalized spacial score (nSPS) is 12.2. The Morgan fingerprint density at radius 3 is 2.78 bits per heavy atom. The van der Waals surface area contributed by atoms with E-state index in [0.717, 1.165) is 5.52 Å². The van der Waals surface area contributed by atoms with Gasteiger partial charge in [0.05, 0.1) is 22.3 Å². The molecular weight excluding hydrogens is 250 g/mol. The van der Waals surface area contributed by atoms with Gasteiger partial charge in [-0.15, -0.1) is 6.58 Å². The quantitative estimate of drug-likeness (QED) is 0.787. The fourth-order valence-corrected chi connectivity index (χ4v) is 2.62. The van der Waals surface area contributed by atoms with Crippen molar-refractivity contribution >= 4 is 21.1 Å². The molecule has 0 radical (unpaired) electrons. The zero-order chi connectivity index (χ0) is 13.3. The SMILES string of the molecule is C=CCn1cnc2cc(S(=O)(=O)N(C)C)ccc21. The summed E-state index contributed by atoms with van der Waals surface area (Å²) in [5.41, 5.74) is 1.56. The van der Waals surface area contributed by atoms with Gasteiger partial charge >= 0.3 is 0 Å². The van der Waals surface area contributed by atoms with Crippen LogP contribution in [0.3, 0.4) is 0 Å². The summed E-state index contributed by atoms with van der Waals surface area (Å²) in [6.45, 7) is 4.32. The topological polar surface area (TPSA) is 55.2 Å². The smallest absolute Gasteiger partial charge is 0.242 e. The number of allylic oxidation sites excluding steroid dienone is 1. The van der Waals surface area contributed by atoms with Gasteiger partial charge < -0.3 is 4.57 Å². The molecule has 0 unspecified atom stereocenters. The Kier molecular flexibility index (Phi) is 3.23. The van der Waals surface area contributed by atoms with Gasteiger partial charge in [0.2, 0.25) is 10.0 Å². The standard InChI is InChI=1S/C12H15N3O2S/c1-4-7-15-9-13-11-8-10(5-6-12(11)15)18(16,17)14(2)3/h4-6,8-9H,1,7H2,2-3H3. The van der Waals surface area contributed by atoms with Crippen LogP contribution in [0, 0.1) is 0 Å². The van der Waals surface area contributed by atoms with Crippen molar-refractivity contribution in [3.63, 3.8) is 0 Å². The minimum Gasteiger partial charge on any atom is -0.327 e. The molecule has 1 aromatic carbocycles. The maximum Gasteiger partial charge on any atom is 0.242 e. The number of fused-ring (bicyclic) bond motifs is 1. The first-order valence-corrected chi connectivity index (χ1v) is 6.89. The largest absolute Gasteiger partial charge is 0.327 e. The average Bonchev–Trinajstić information content (AvgIpc) is 2.72. The molecule has 5 nitrogen and oxygen atoms in total. The Morgan fingerprint density at radius 2 is 2.17 bits per heavy atom. The number of nitrogens with zero attached hydrogens (tertiary/aromatic N) is 3. The van der Waals surface area contributed by atoms with Crippen molar-refractivity contribution in [2.75, 3.05) is 14.1 Å². The molecule has 0 spiro atoms. The lowest BCUT2D eigenvalue weighted by molar-refractivity contribution is 0.521. The molecule has 1 heterocycles. The molecule has 0 aliphatic heterocycles. The van der Waals surface area contributed by atoms with Gasteiger partial charge in [-0.05, 0) is 18.2 Å². The summed E-state index contributed by atoms with van der Waals surface area (Å²) in [6, 6.07) is 4.95. The lowest BCUT2D eigenvalue weighted by Gasteiger charge is -2.11. The molecule has 0 saturated heterocycles. The van der Waals surface area contributed by atoms with Crippen LogP contribution in [0.15, 0.2) is 42.1 Å². The molecule has 18 heavy (non-hydrogen) atoms. The van der Waals surface area contributed by atoms with Crippen molar-refractivity contribution in [1.29, 1.82) is 0 Å². The Labute approximate surface area is 106 Å². The maximum absolute atomic E-state index is 12.0. The molecule has 6 heteroatoms. The number of benzene rings is 1. The number of imidazole rings is 1. The Bertz CT molecular complexity index is 686. The van der Waals surface area contributed by atoms with E-state index < -0.39 is 10.0 Å². The van der Waals surface area contributed by atoms with Gasteiger partial charge in [-0.1, -0.05) is 6.08 Å². The van der Waals surface area contributed by atoms with E-state index in [9.17, 15) is 8.42 Å². The summed E-state index contributed by atoms with van der Waals surface area (Å²) in [5, 5.41) is 0. The van der Waals surface area contributed by atoms with E-state index in [-0.39, 0.29) is 4.90 Å². The van der Waals surface area contributed by atoms with Crippen molar-refractivity contribution in [2.45, 2.75) is 11.4 Å². The van der Waals surface area contributed by atoms with Crippen LogP contribution >= 0.6 is 0 Å². The third-order valence-electron chi connectivity index (χ3n) is 2.70. The summed E-state index contributed by atoms with van der Waals surface area (Å²) < 4.78 is 27.1. The van der Waals surface area contributed by atoms with Crippen LogP contribution in [0.1, 0.15) is 0 Å². The summed E-state index contributed by atoms with van der Waals surface area (Å²) in [6.07, 6.45) is 3.45. The summed E-state index contributed by atoms with van der Waals surface area (Å²) in [4.78, 5) is 4.46. The number of rotatable bonds is 4. The molecule has 2 rings (SSSR count). The zero-order valence-electron chi connectivity index (χ0n) is 10.4. The molecule has 0 saturated carbocycles. The van der Waals surface area contributed by atoms with Gasteiger partial charge in [0.25, 0.3) is 0 Å². The van der Waals surface area contributed by atoms with E-state index in [1.165, 1.54) is 18.4 Å². The second-order valence-electron chi connectivity index (χ2n) is 4.12. The van der Waals surface area contributed by atoms with Crippen LogP contribution in [0.2, 0.25) is 0 Å². The van der Waals surface area contributed by atoms with E-state index in [1.807, 2.05) is 4.57 Å². The van der Waals surface area contributed by atoms with Gasteiger partial charge in [0.1, 0.15) is 0 Å². The first-order valence-electron chi connectivity index (χ1n) is 5.45. The van der Waals surface area contributed by atoms with Gasteiger partial charge in [0.15, 0.2) is 0 Å². The van der Waals surface area contributed by atoms with E-state index in [4.69, 9.17) is 0 Å². The van der Waals surface area contributed by atoms with Crippen molar-refractivity contribution < 1.29 is 8.42 Å². The Balaban J connectivity index is 2.56. The fourth-order valence-electron chi connectivity index (χ4n) is 1.70. The summed E-state index contributed by atoms with van der Waals surface area (Å²) in [5.74, 6) is 0. The molecule has 0 aliphatic rings. The number of hydrogen-bond acceptors (Lipinski definition) is 3. The highest BCUT2D eigenvalue weighted by Crippen LogP contribution is 2.20. The van der Waals surface area contributed by atoms with Crippen LogP contribution in [0.25, 0.3) is 11.0 Å². The van der Waals surface area contributed by atoms with Crippen LogP contribution < -0.4 is 0 Å². The van der Waals surface area contributed by atoms with Gasteiger partial charge in [-0.25, -0.2) is 17.7 Å². The summed E-state index contributed by atoms with van der Waals surface area (Å²) >= 11 is 0.